The number of rotatable bonds is 2. The van der Waals surface area contributed by atoms with Gasteiger partial charge in [0.25, 0.3) is 0 Å². The van der Waals surface area contributed by atoms with Crippen molar-refractivity contribution in [2.24, 2.45) is 0 Å². The predicted molar refractivity (Wildman–Crippen MR) is 70.6 cm³/mol. The Morgan fingerprint density at radius 3 is 1.56 bits per heavy atom. The van der Waals surface area contributed by atoms with Gasteiger partial charge in [-0.2, -0.15) is 0 Å². The highest BCUT2D eigenvalue weighted by Gasteiger charge is 2.24. The van der Waals surface area contributed by atoms with Crippen LogP contribution in [0.4, 0.5) is 0 Å². The van der Waals surface area contributed by atoms with E-state index in [2.05, 4.69) is 6.58 Å². The molecule has 0 amide bonds. The highest BCUT2D eigenvalue weighted by Crippen LogP contribution is 2.27. The highest BCUT2D eigenvalue weighted by atomic mass is 16.3. The second kappa shape index (κ2) is 7.89. The number of aliphatic hydroxyl groups is 1. The minimum atomic E-state index is -0.444. The van der Waals surface area contributed by atoms with Crippen LogP contribution in [0.3, 0.4) is 0 Å². The van der Waals surface area contributed by atoms with Crippen LogP contribution in [0.2, 0.25) is 0 Å². The van der Waals surface area contributed by atoms with E-state index in [9.17, 15) is 5.11 Å². The molecule has 0 radical (unpaired) electrons. The molecule has 1 aliphatic carbocycles. The molecule has 0 aromatic rings. The molecule has 0 aliphatic heterocycles. The zero-order valence-corrected chi connectivity index (χ0v) is 10.7. The summed E-state index contributed by atoms with van der Waals surface area (Å²) in [5, 5.41) is 10.5. The van der Waals surface area contributed by atoms with Gasteiger partial charge in [-0.15, -0.1) is 6.58 Å². The van der Waals surface area contributed by atoms with Crippen molar-refractivity contribution in [2.45, 2.75) is 82.7 Å². The molecule has 0 unspecified atom stereocenters. The van der Waals surface area contributed by atoms with E-state index in [1.807, 2.05) is 6.08 Å². The Morgan fingerprint density at radius 1 is 0.812 bits per heavy atom. The molecule has 16 heavy (non-hydrogen) atoms. The number of hydrogen-bond donors (Lipinski definition) is 1. The molecule has 0 bridgehead atoms. The van der Waals surface area contributed by atoms with Crippen LogP contribution >= 0.6 is 0 Å². The van der Waals surface area contributed by atoms with Gasteiger partial charge in [-0.05, 0) is 19.3 Å². The Morgan fingerprint density at radius 2 is 1.19 bits per heavy atom. The van der Waals surface area contributed by atoms with Gasteiger partial charge in [0.15, 0.2) is 0 Å². The average molecular weight is 224 g/mol. The molecule has 1 N–H and O–H groups in total. The summed E-state index contributed by atoms with van der Waals surface area (Å²) in [4.78, 5) is 0. The lowest BCUT2D eigenvalue weighted by Gasteiger charge is -2.27. The van der Waals surface area contributed by atoms with E-state index in [4.69, 9.17) is 0 Å². The van der Waals surface area contributed by atoms with Gasteiger partial charge in [0, 0.05) is 0 Å². The second-order valence-electron chi connectivity index (χ2n) is 5.40. The van der Waals surface area contributed by atoms with E-state index in [0.717, 1.165) is 19.3 Å². The molecular weight excluding hydrogens is 196 g/mol. The maximum atomic E-state index is 10.5. The molecule has 1 rings (SSSR count). The monoisotopic (exact) mass is 224 g/mol. The van der Waals surface area contributed by atoms with E-state index >= 15 is 0 Å². The van der Waals surface area contributed by atoms with Crippen LogP contribution < -0.4 is 0 Å². The Hall–Kier alpha value is -0.300. The van der Waals surface area contributed by atoms with Gasteiger partial charge >= 0.3 is 0 Å². The van der Waals surface area contributed by atoms with Gasteiger partial charge in [0.2, 0.25) is 0 Å². The summed E-state index contributed by atoms with van der Waals surface area (Å²) in [5.41, 5.74) is -0.444. The Balaban J connectivity index is 2.38. The molecule has 1 nitrogen and oxygen atoms in total. The van der Waals surface area contributed by atoms with Gasteiger partial charge in [0.05, 0.1) is 5.60 Å². The third-order valence-electron chi connectivity index (χ3n) is 3.81. The molecular formula is C15H28O. The normalized spacial score (nSPS) is 24.1. The van der Waals surface area contributed by atoms with Crippen LogP contribution in [0.5, 0.6) is 0 Å². The third-order valence-corrected chi connectivity index (χ3v) is 3.81. The average Bonchev–Trinajstić information content (AvgIpc) is 2.24. The van der Waals surface area contributed by atoms with Crippen molar-refractivity contribution in [2.75, 3.05) is 0 Å². The lowest BCUT2D eigenvalue weighted by atomic mass is 9.86. The molecule has 0 aromatic carbocycles. The molecule has 0 spiro atoms. The summed E-state index contributed by atoms with van der Waals surface area (Å²) in [6.45, 7) is 3.77. The highest BCUT2D eigenvalue weighted by molar-refractivity contribution is 4.86. The third kappa shape index (κ3) is 5.69. The zero-order chi connectivity index (χ0) is 11.7. The van der Waals surface area contributed by atoms with Gasteiger partial charge in [-0.1, -0.05) is 63.9 Å². The maximum absolute atomic E-state index is 10.5. The van der Waals surface area contributed by atoms with Gasteiger partial charge in [-0.3, -0.25) is 0 Å². The predicted octanol–water partition coefficient (Wildman–Crippen LogP) is 4.60. The molecule has 94 valence electrons. The van der Waals surface area contributed by atoms with Crippen molar-refractivity contribution in [1.29, 1.82) is 0 Å². The lowest BCUT2D eigenvalue weighted by Crippen LogP contribution is -2.27. The summed E-state index contributed by atoms with van der Waals surface area (Å²) < 4.78 is 0. The molecule has 1 saturated carbocycles. The molecule has 0 heterocycles. The Kier molecular flexibility index (Phi) is 6.79. The second-order valence-corrected chi connectivity index (χ2v) is 5.40. The van der Waals surface area contributed by atoms with Gasteiger partial charge in [-0.25, -0.2) is 0 Å². The van der Waals surface area contributed by atoms with Crippen LogP contribution in [-0.2, 0) is 0 Å². The Labute approximate surface area is 101 Å². The Bertz CT molecular complexity index is 174. The van der Waals surface area contributed by atoms with Crippen LogP contribution in [-0.4, -0.2) is 10.7 Å². The summed E-state index contributed by atoms with van der Waals surface area (Å²) in [6.07, 6.45) is 16.4. The van der Waals surface area contributed by atoms with Crippen LogP contribution in [0.25, 0.3) is 0 Å². The van der Waals surface area contributed by atoms with Crippen molar-refractivity contribution in [3.8, 4) is 0 Å². The quantitative estimate of drug-likeness (QED) is 0.680. The molecule has 1 aliphatic rings. The van der Waals surface area contributed by atoms with E-state index in [1.54, 1.807) is 0 Å². The molecule has 1 heteroatoms. The van der Waals surface area contributed by atoms with Crippen molar-refractivity contribution < 1.29 is 5.11 Å². The van der Waals surface area contributed by atoms with Crippen LogP contribution in [0, 0.1) is 0 Å². The minimum Gasteiger partial charge on any atom is -0.390 e. The van der Waals surface area contributed by atoms with Crippen molar-refractivity contribution in [1.82, 2.24) is 0 Å². The van der Waals surface area contributed by atoms with Crippen molar-refractivity contribution >= 4 is 0 Å². The van der Waals surface area contributed by atoms with Gasteiger partial charge in [0.1, 0.15) is 0 Å². The first-order valence-corrected chi connectivity index (χ1v) is 7.10. The maximum Gasteiger partial charge on any atom is 0.0682 e. The van der Waals surface area contributed by atoms with Crippen molar-refractivity contribution in [3.05, 3.63) is 12.7 Å². The minimum absolute atomic E-state index is 0.444. The van der Waals surface area contributed by atoms with Gasteiger partial charge < -0.3 is 5.11 Å². The first-order valence-electron chi connectivity index (χ1n) is 7.10. The van der Waals surface area contributed by atoms with E-state index < -0.39 is 5.60 Å². The first kappa shape index (κ1) is 13.8. The smallest absolute Gasteiger partial charge is 0.0682 e. The fourth-order valence-corrected chi connectivity index (χ4v) is 2.74. The summed E-state index contributed by atoms with van der Waals surface area (Å²) in [7, 11) is 0. The summed E-state index contributed by atoms with van der Waals surface area (Å²) >= 11 is 0. The van der Waals surface area contributed by atoms with Crippen LogP contribution in [0.15, 0.2) is 12.7 Å². The van der Waals surface area contributed by atoms with Crippen molar-refractivity contribution in [3.63, 3.8) is 0 Å². The topological polar surface area (TPSA) is 20.2 Å². The molecule has 0 saturated heterocycles. The molecule has 0 atom stereocenters. The molecule has 0 aromatic heterocycles. The lowest BCUT2D eigenvalue weighted by molar-refractivity contribution is 0.0203. The molecule has 1 fully saturated rings. The standard InChI is InChI=1S/C15H28O/c1-2-12-15(16)13-10-8-6-4-3-5-7-9-11-14-15/h2,16H,1,3-14H2. The SMILES string of the molecule is C=CCC1(O)CCCCCCCCCCC1. The fraction of sp³-hybridized carbons (Fsp3) is 0.867. The zero-order valence-electron chi connectivity index (χ0n) is 10.7. The van der Waals surface area contributed by atoms with Crippen LogP contribution in [0.1, 0.15) is 77.0 Å². The fourth-order valence-electron chi connectivity index (χ4n) is 2.74. The largest absolute Gasteiger partial charge is 0.390 e. The number of hydrogen-bond acceptors (Lipinski definition) is 1. The first-order chi connectivity index (χ1) is 7.77. The summed E-state index contributed by atoms with van der Waals surface area (Å²) in [6, 6.07) is 0. The van der Waals surface area contributed by atoms with E-state index in [0.29, 0.717) is 0 Å². The van der Waals surface area contributed by atoms with E-state index in [1.165, 1.54) is 57.8 Å². The van der Waals surface area contributed by atoms with E-state index in [-0.39, 0.29) is 0 Å². The summed E-state index contributed by atoms with van der Waals surface area (Å²) in [5.74, 6) is 0.